The molecule has 1 aliphatic heterocycles. The van der Waals surface area contributed by atoms with Crippen LogP contribution in [0.4, 0.5) is 5.13 Å². The molecule has 1 aromatic heterocycles. The van der Waals surface area contributed by atoms with Crippen LogP contribution >= 0.6 is 23.1 Å². The molecule has 0 unspecified atom stereocenters. The first kappa shape index (κ1) is 16.9. The van der Waals surface area contributed by atoms with E-state index in [9.17, 15) is 4.79 Å². The highest BCUT2D eigenvalue weighted by atomic mass is 32.2. The predicted molar refractivity (Wildman–Crippen MR) is 105 cm³/mol. The van der Waals surface area contributed by atoms with E-state index in [-0.39, 0.29) is 5.91 Å². The summed E-state index contributed by atoms with van der Waals surface area (Å²) < 4.78 is 11.1. The van der Waals surface area contributed by atoms with E-state index in [2.05, 4.69) is 10.3 Å². The molecular weight excluding hydrogens is 368 g/mol. The van der Waals surface area contributed by atoms with Gasteiger partial charge in [-0.3, -0.25) is 10.1 Å². The summed E-state index contributed by atoms with van der Waals surface area (Å²) in [6.45, 7) is 1.11. The van der Waals surface area contributed by atoms with Crippen molar-refractivity contribution < 1.29 is 14.3 Å². The standard InChI is InChI=1S/C19H16N2O3S2/c1-25-14-5-2-12(3-6-14)18(22)21-19-20-15(11-26-19)13-4-7-16-17(10-13)24-9-8-23-16/h2-7,10-11H,8-9H2,1H3,(H,20,21,22). The maximum absolute atomic E-state index is 12.4. The summed E-state index contributed by atoms with van der Waals surface area (Å²) in [5.41, 5.74) is 2.33. The lowest BCUT2D eigenvalue weighted by molar-refractivity contribution is 0.102. The van der Waals surface area contributed by atoms with Crippen LogP contribution in [0.3, 0.4) is 0 Å². The van der Waals surface area contributed by atoms with Gasteiger partial charge in [-0.1, -0.05) is 0 Å². The Morgan fingerprint density at radius 2 is 1.88 bits per heavy atom. The first-order chi connectivity index (χ1) is 12.7. The highest BCUT2D eigenvalue weighted by Crippen LogP contribution is 2.35. The molecule has 0 atom stereocenters. The van der Waals surface area contributed by atoms with Gasteiger partial charge in [-0.2, -0.15) is 0 Å². The summed E-state index contributed by atoms with van der Waals surface area (Å²) in [4.78, 5) is 18.0. The second-order valence-corrected chi connectivity index (χ2v) is 7.32. The molecule has 7 heteroatoms. The van der Waals surface area contributed by atoms with E-state index < -0.39 is 0 Å². The number of rotatable bonds is 4. The van der Waals surface area contributed by atoms with E-state index in [1.807, 2.05) is 54.1 Å². The number of nitrogens with zero attached hydrogens (tertiary/aromatic N) is 1. The van der Waals surface area contributed by atoms with E-state index in [4.69, 9.17) is 9.47 Å². The van der Waals surface area contributed by atoms with Crippen LogP contribution < -0.4 is 14.8 Å². The van der Waals surface area contributed by atoms with Crippen molar-refractivity contribution in [2.45, 2.75) is 4.90 Å². The Hall–Kier alpha value is -2.51. The van der Waals surface area contributed by atoms with Crippen molar-refractivity contribution in [3.05, 3.63) is 53.4 Å². The third-order valence-corrected chi connectivity index (χ3v) is 5.42. The summed E-state index contributed by atoms with van der Waals surface area (Å²) in [6.07, 6.45) is 2.00. The topological polar surface area (TPSA) is 60.5 Å². The Morgan fingerprint density at radius 3 is 2.65 bits per heavy atom. The summed E-state index contributed by atoms with van der Waals surface area (Å²) in [7, 11) is 0. The second kappa shape index (κ2) is 7.39. The molecule has 1 aliphatic rings. The third kappa shape index (κ3) is 3.54. The number of fused-ring (bicyclic) bond motifs is 1. The van der Waals surface area contributed by atoms with Crippen LogP contribution in [0.2, 0.25) is 0 Å². The summed E-state index contributed by atoms with van der Waals surface area (Å²) >= 11 is 3.04. The number of thiazole rings is 1. The molecular formula is C19H16N2O3S2. The molecule has 1 N–H and O–H groups in total. The fourth-order valence-corrected chi connectivity index (χ4v) is 3.70. The molecule has 3 aromatic rings. The summed E-state index contributed by atoms with van der Waals surface area (Å²) in [6, 6.07) is 13.2. The van der Waals surface area contributed by atoms with Crippen molar-refractivity contribution in [1.29, 1.82) is 0 Å². The molecule has 26 heavy (non-hydrogen) atoms. The minimum Gasteiger partial charge on any atom is -0.486 e. The Kier molecular flexibility index (Phi) is 4.81. The van der Waals surface area contributed by atoms with Crippen molar-refractivity contribution in [2.24, 2.45) is 0 Å². The van der Waals surface area contributed by atoms with E-state index in [1.54, 1.807) is 11.8 Å². The van der Waals surface area contributed by atoms with Crippen molar-refractivity contribution in [1.82, 2.24) is 4.98 Å². The van der Waals surface area contributed by atoms with Gasteiger partial charge < -0.3 is 9.47 Å². The molecule has 0 saturated heterocycles. The highest BCUT2D eigenvalue weighted by Gasteiger charge is 2.15. The van der Waals surface area contributed by atoms with E-state index in [0.29, 0.717) is 23.9 Å². The number of benzene rings is 2. The lowest BCUT2D eigenvalue weighted by Crippen LogP contribution is -2.15. The molecule has 0 radical (unpaired) electrons. The third-order valence-electron chi connectivity index (χ3n) is 3.91. The minimum absolute atomic E-state index is 0.166. The maximum Gasteiger partial charge on any atom is 0.257 e. The average Bonchev–Trinajstić information content (AvgIpc) is 3.16. The van der Waals surface area contributed by atoms with Crippen LogP contribution in [0.15, 0.2) is 52.7 Å². The first-order valence-corrected chi connectivity index (χ1v) is 10.1. The second-order valence-electron chi connectivity index (χ2n) is 5.58. The number of nitrogens with one attached hydrogen (secondary N) is 1. The zero-order valence-electron chi connectivity index (χ0n) is 14.0. The largest absolute Gasteiger partial charge is 0.486 e. The summed E-state index contributed by atoms with van der Waals surface area (Å²) in [5.74, 6) is 1.30. The quantitative estimate of drug-likeness (QED) is 0.669. The first-order valence-electron chi connectivity index (χ1n) is 8.04. The molecule has 5 nitrogen and oxygen atoms in total. The Balaban J connectivity index is 1.50. The number of hydrogen-bond donors (Lipinski definition) is 1. The lowest BCUT2D eigenvalue weighted by Gasteiger charge is -2.18. The number of ether oxygens (including phenoxy) is 2. The van der Waals surface area contributed by atoms with E-state index >= 15 is 0 Å². The number of aromatic nitrogens is 1. The van der Waals surface area contributed by atoms with Crippen LogP contribution in [0, 0.1) is 0 Å². The number of carbonyl (C=O) groups is 1. The molecule has 0 saturated carbocycles. The molecule has 0 bridgehead atoms. The number of carbonyl (C=O) groups excluding carboxylic acids is 1. The van der Waals surface area contributed by atoms with Crippen LogP contribution in [0.25, 0.3) is 11.3 Å². The molecule has 0 aliphatic carbocycles. The van der Waals surface area contributed by atoms with Crippen molar-refractivity contribution in [2.75, 3.05) is 24.8 Å². The molecule has 0 spiro atoms. The molecule has 1 amide bonds. The molecule has 4 rings (SSSR count). The van der Waals surface area contributed by atoms with Gasteiger partial charge in [-0.15, -0.1) is 23.1 Å². The molecule has 0 fully saturated rings. The van der Waals surface area contributed by atoms with E-state index in [1.165, 1.54) is 11.3 Å². The van der Waals surface area contributed by atoms with Crippen LogP contribution in [-0.4, -0.2) is 30.4 Å². The van der Waals surface area contributed by atoms with Gasteiger partial charge in [0.15, 0.2) is 16.6 Å². The monoisotopic (exact) mass is 384 g/mol. The highest BCUT2D eigenvalue weighted by molar-refractivity contribution is 7.98. The fourth-order valence-electron chi connectivity index (χ4n) is 2.58. The normalized spacial score (nSPS) is 12.7. The lowest BCUT2D eigenvalue weighted by atomic mass is 10.1. The Morgan fingerprint density at radius 1 is 1.12 bits per heavy atom. The van der Waals surface area contributed by atoms with Crippen molar-refractivity contribution in [3.8, 4) is 22.8 Å². The van der Waals surface area contributed by atoms with Gasteiger partial charge in [0.1, 0.15) is 13.2 Å². The zero-order valence-corrected chi connectivity index (χ0v) is 15.7. The zero-order chi connectivity index (χ0) is 17.9. The number of amides is 1. The smallest absolute Gasteiger partial charge is 0.257 e. The maximum atomic E-state index is 12.4. The molecule has 2 aromatic carbocycles. The van der Waals surface area contributed by atoms with E-state index in [0.717, 1.165) is 27.7 Å². The van der Waals surface area contributed by atoms with Gasteiger partial charge in [0.2, 0.25) is 0 Å². The SMILES string of the molecule is CSc1ccc(C(=O)Nc2nc(-c3ccc4c(c3)OCCO4)cs2)cc1. The van der Waals surface area contributed by atoms with Gasteiger partial charge in [0, 0.05) is 21.4 Å². The van der Waals surface area contributed by atoms with Crippen molar-refractivity contribution in [3.63, 3.8) is 0 Å². The Bertz CT molecular complexity index is 938. The molecule has 2 heterocycles. The number of anilines is 1. The van der Waals surface area contributed by atoms with Gasteiger partial charge >= 0.3 is 0 Å². The van der Waals surface area contributed by atoms with Gasteiger partial charge in [0.25, 0.3) is 5.91 Å². The minimum atomic E-state index is -0.166. The number of hydrogen-bond acceptors (Lipinski definition) is 6. The number of thioether (sulfide) groups is 1. The van der Waals surface area contributed by atoms with Crippen LogP contribution in [-0.2, 0) is 0 Å². The van der Waals surface area contributed by atoms with Crippen molar-refractivity contribution >= 4 is 34.1 Å². The van der Waals surface area contributed by atoms with Crippen LogP contribution in [0.1, 0.15) is 10.4 Å². The summed E-state index contributed by atoms with van der Waals surface area (Å²) in [5, 5.41) is 5.33. The van der Waals surface area contributed by atoms with Gasteiger partial charge in [-0.05, 0) is 48.7 Å². The molecule has 132 valence electrons. The predicted octanol–water partition coefficient (Wildman–Crippen LogP) is 4.56. The van der Waals surface area contributed by atoms with Gasteiger partial charge in [-0.25, -0.2) is 4.98 Å². The van der Waals surface area contributed by atoms with Crippen LogP contribution in [0.5, 0.6) is 11.5 Å². The Labute approximate surface area is 159 Å². The van der Waals surface area contributed by atoms with Gasteiger partial charge in [0.05, 0.1) is 5.69 Å². The average molecular weight is 384 g/mol. The fraction of sp³-hybridized carbons (Fsp3) is 0.158.